The first-order valence-corrected chi connectivity index (χ1v) is 7.45. The summed E-state index contributed by atoms with van der Waals surface area (Å²) >= 11 is 0. The predicted molar refractivity (Wildman–Crippen MR) is 84.3 cm³/mol. The molecule has 0 aliphatic heterocycles. The van der Waals surface area contributed by atoms with Crippen molar-refractivity contribution in [1.29, 1.82) is 0 Å². The summed E-state index contributed by atoms with van der Waals surface area (Å²) in [5, 5.41) is 16.3. The van der Waals surface area contributed by atoms with E-state index in [0.717, 1.165) is 42.3 Å². The molecule has 0 fully saturated rings. The van der Waals surface area contributed by atoms with Crippen LogP contribution >= 0.6 is 0 Å². The van der Waals surface area contributed by atoms with Crippen molar-refractivity contribution in [2.45, 2.75) is 53.1 Å². The molecule has 114 valence electrons. The fourth-order valence-electron chi connectivity index (χ4n) is 2.16. The standard InChI is InChI=1S/C15H28N4O/c1-6-7-13-18-14(16-5)11(4)15(19-13)17-9-12(20)8-10(2)3/h10,12,20H,6-9H2,1-5H3,(H2,16,17,18,19). The van der Waals surface area contributed by atoms with E-state index in [0.29, 0.717) is 12.5 Å². The SMILES string of the molecule is CCCc1nc(NC)c(C)c(NCC(O)CC(C)C)n1. The Balaban J connectivity index is 2.79. The van der Waals surface area contributed by atoms with Crippen molar-refractivity contribution in [2.24, 2.45) is 5.92 Å². The van der Waals surface area contributed by atoms with Crippen molar-refractivity contribution < 1.29 is 5.11 Å². The number of nitrogens with zero attached hydrogens (tertiary/aromatic N) is 2. The molecule has 1 rings (SSSR count). The summed E-state index contributed by atoms with van der Waals surface area (Å²) in [7, 11) is 1.86. The number of nitrogens with one attached hydrogen (secondary N) is 2. The van der Waals surface area contributed by atoms with Crippen LogP contribution in [0.2, 0.25) is 0 Å². The van der Waals surface area contributed by atoms with Crippen LogP contribution in [0.1, 0.15) is 45.0 Å². The third-order valence-electron chi connectivity index (χ3n) is 3.15. The van der Waals surface area contributed by atoms with Gasteiger partial charge in [-0.1, -0.05) is 20.8 Å². The van der Waals surface area contributed by atoms with Gasteiger partial charge in [-0.15, -0.1) is 0 Å². The molecule has 5 nitrogen and oxygen atoms in total. The fraction of sp³-hybridized carbons (Fsp3) is 0.733. The average Bonchev–Trinajstić information content (AvgIpc) is 2.38. The van der Waals surface area contributed by atoms with Crippen LogP contribution in [-0.4, -0.2) is 34.8 Å². The number of aliphatic hydroxyl groups is 1. The van der Waals surface area contributed by atoms with E-state index >= 15 is 0 Å². The van der Waals surface area contributed by atoms with Crippen LogP contribution in [0.25, 0.3) is 0 Å². The largest absolute Gasteiger partial charge is 0.391 e. The molecule has 3 N–H and O–H groups in total. The van der Waals surface area contributed by atoms with E-state index in [2.05, 4.69) is 41.4 Å². The maximum Gasteiger partial charge on any atom is 0.134 e. The highest BCUT2D eigenvalue weighted by Crippen LogP contribution is 2.20. The zero-order valence-electron chi connectivity index (χ0n) is 13.3. The highest BCUT2D eigenvalue weighted by molar-refractivity contribution is 5.57. The minimum atomic E-state index is -0.350. The Morgan fingerprint density at radius 1 is 1.20 bits per heavy atom. The van der Waals surface area contributed by atoms with Gasteiger partial charge in [-0.2, -0.15) is 0 Å². The third-order valence-corrected chi connectivity index (χ3v) is 3.15. The Bertz CT molecular complexity index is 421. The number of anilines is 2. The van der Waals surface area contributed by atoms with Gasteiger partial charge in [0, 0.05) is 25.6 Å². The van der Waals surface area contributed by atoms with Gasteiger partial charge >= 0.3 is 0 Å². The van der Waals surface area contributed by atoms with Crippen LogP contribution in [0.4, 0.5) is 11.6 Å². The Labute approximate surface area is 122 Å². The van der Waals surface area contributed by atoms with Crippen molar-refractivity contribution in [3.63, 3.8) is 0 Å². The molecular formula is C15H28N4O. The molecule has 20 heavy (non-hydrogen) atoms. The molecule has 0 aliphatic carbocycles. The smallest absolute Gasteiger partial charge is 0.134 e. The van der Waals surface area contributed by atoms with Gasteiger partial charge in [-0.05, 0) is 25.7 Å². The van der Waals surface area contributed by atoms with E-state index in [1.54, 1.807) is 0 Å². The Morgan fingerprint density at radius 3 is 2.40 bits per heavy atom. The van der Waals surface area contributed by atoms with Crippen molar-refractivity contribution in [3.8, 4) is 0 Å². The molecular weight excluding hydrogens is 252 g/mol. The van der Waals surface area contributed by atoms with E-state index in [-0.39, 0.29) is 6.10 Å². The molecule has 0 amide bonds. The van der Waals surface area contributed by atoms with E-state index in [1.807, 2.05) is 14.0 Å². The minimum absolute atomic E-state index is 0.350. The van der Waals surface area contributed by atoms with Gasteiger partial charge in [0.1, 0.15) is 17.5 Å². The fourth-order valence-corrected chi connectivity index (χ4v) is 2.16. The summed E-state index contributed by atoms with van der Waals surface area (Å²) in [4.78, 5) is 9.04. The average molecular weight is 280 g/mol. The van der Waals surface area contributed by atoms with E-state index in [9.17, 15) is 5.11 Å². The Hall–Kier alpha value is -1.36. The summed E-state index contributed by atoms with van der Waals surface area (Å²) in [6, 6.07) is 0. The van der Waals surface area contributed by atoms with Gasteiger partial charge in [0.15, 0.2) is 0 Å². The lowest BCUT2D eigenvalue weighted by Crippen LogP contribution is -2.22. The second-order valence-electron chi connectivity index (χ2n) is 5.63. The molecule has 1 heterocycles. The van der Waals surface area contributed by atoms with Gasteiger partial charge in [-0.25, -0.2) is 9.97 Å². The molecule has 1 aromatic rings. The molecule has 1 atom stereocenters. The first-order valence-electron chi connectivity index (χ1n) is 7.45. The summed E-state index contributed by atoms with van der Waals surface area (Å²) in [6.07, 6.45) is 2.31. The first-order chi connectivity index (χ1) is 9.47. The summed E-state index contributed by atoms with van der Waals surface area (Å²) in [5.74, 6) is 2.99. The van der Waals surface area contributed by atoms with Gasteiger partial charge in [0.05, 0.1) is 6.10 Å². The third kappa shape index (κ3) is 4.96. The van der Waals surface area contributed by atoms with Gasteiger partial charge in [0.25, 0.3) is 0 Å². The van der Waals surface area contributed by atoms with E-state index in [4.69, 9.17) is 0 Å². The summed E-state index contributed by atoms with van der Waals surface area (Å²) in [6.45, 7) is 8.83. The second-order valence-corrected chi connectivity index (χ2v) is 5.63. The van der Waals surface area contributed by atoms with Crippen LogP contribution in [-0.2, 0) is 6.42 Å². The zero-order chi connectivity index (χ0) is 15.1. The topological polar surface area (TPSA) is 70.1 Å². The lowest BCUT2D eigenvalue weighted by atomic mass is 10.1. The highest BCUT2D eigenvalue weighted by atomic mass is 16.3. The van der Waals surface area contributed by atoms with Crippen molar-refractivity contribution in [3.05, 3.63) is 11.4 Å². The molecule has 5 heteroatoms. The van der Waals surface area contributed by atoms with Crippen molar-refractivity contribution >= 4 is 11.6 Å². The number of aliphatic hydroxyl groups excluding tert-OH is 1. The van der Waals surface area contributed by atoms with Crippen LogP contribution in [0.5, 0.6) is 0 Å². The first kappa shape index (κ1) is 16.7. The molecule has 0 spiro atoms. The van der Waals surface area contributed by atoms with E-state index < -0.39 is 0 Å². The molecule has 0 radical (unpaired) electrons. The summed E-state index contributed by atoms with van der Waals surface area (Å²) in [5.41, 5.74) is 0.990. The number of hydrogen-bond donors (Lipinski definition) is 3. The Morgan fingerprint density at radius 2 is 1.85 bits per heavy atom. The maximum atomic E-state index is 9.95. The highest BCUT2D eigenvalue weighted by Gasteiger charge is 2.12. The Kier molecular flexibility index (Phi) is 6.71. The lowest BCUT2D eigenvalue weighted by Gasteiger charge is -2.17. The zero-order valence-corrected chi connectivity index (χ0v) is 13.3. The van der Waals surface area contributed by atoms with Gasteiger partial charge in [-0.3, -0.25) is 0 Å². The van der Waals surface area contributed by atoms with Crippen molar-refractivity contribution in [2.75, 3.05) is 24.2 Å². The van der Waals surface area contributed by atoms with Crippen LogP contribution in [0.3, 0.4) is 0 Å². The summed E-state index contributed by atoms with van der Waals surface area (Å²) < 4.78 is 0. The van der Waals surface area contributed by atoms with Crippen molar-refractivity contribution in [1.82, 2.24) is 9.97 Å². The van der Waals surface area contributed by atoms with Crippen LogP contribution < -0.4 is 10.6 Å². The number of hydrogen-bond acceptors (Lipinski definition) is 5. The molecule has 0 aliphatic rings. The maximum absolute atomic E-state index is 9.95. The van der Waals surface area contributed by atoms with Crippen LogP contribution in [0, 0.1) is 12.8 Å². The number of rotatable bonds is 8. The number of aryl methyl sites for hydroxylation is 1. The monoisotopic (exact) mass is 280 g/mol. The van der Waals surface area contributed by atoms with Gasteiger partial charge < -0.3 is 15.7 Å². The van der Waals surface area contributed by atoms with Crippen LogP contribution in [0.15, 0.2) is 0 Å². The molecule has 1 unspecified atom stereocenters. The molecule has 0 saturated carbocycles. The lowest BCUT2D eigenvalue weighted by molar-refractivity contribution is 0.161. The molecule has 0 saturated heterocycles. The minimum Gasteiger partial charge on any atom is -0.391 e. The van der Waals surface area contributed by atoms with Gasteiger partial charge in [0.2, 0.25) is 0 Å². The van der Waals surface area contributed by atoms with E-state index in [1.165, 1.54) is 0 Å². The molecule has 0 bridgehead atoms. The molecule has 1 aromatic heterocycles. The quantitative estimate of drug-likeness (QED) is 0.683. The number of aromatic nitrogens is 2. The normalized spacial score (nSPS) is 12.6. The second kappa shape index (κ2) is 8.04. The predicted octanol–water partition coefficient (Wildman–Crippen LogP) is 2.60. The molecule has 0 aromatic carbocycles.